The molecule has 1 rings (SSSR count). The van der Waals surface area contributed by atoms with E-state index < -0.39 is 17.6 Å². The molecule has 1 unspecified atom stereocenters. The first-order valence-electron chi connectivity index (χ1n) is 6.95. The highest BCUT2D eigenvalue weighted by molar-refractivity contribution is 5.73. The zero-order valence-corrected chi connectivity index (χ0v) is 12.6. The van der Waals surface area contributed by atoms with E-state index in [1.54, 1.807) is 0 Å². The summed E-state index contributed by atoms with van der Waals surface area (Å²) in [6.07, 6.45) is 6.66. The predicted molar refractivity (Wildman–Crippen MR) is 75.5 cm³/mol. The van der Waals surface area contributed by atoms with Gasteiger partial charge in [-0.15, -0.1) is 0 Å². The summed E-state index contributed by atoms with van der Waals surface area (Å²) in [5.41, 5.74) is 11.6. The van der Waals surface area contributed by atoms with Crippen LogP contribution in [-0.4, -0.2) is 35.4 Å². The molecule has 1 aliphatic carbocycles. The smallest absolute Gasteiger partial charge is 0.338 e. The molecule has 0 aromatic heterocycles. The quantitative estimate of drug-likeness (QED) is 0.541. The maximum Gasteiger partial charge on any atom is 0.338 e. The van der Waals surface area contributed by atoms with Gasteiger partial charge in [-0.05, 0) is 33.6 Å². The highest BCUT2D eigenvalue weighted by Crippen LogP contribution is 2.14. The molecule has 0 radical (unpaired) electrons. The Bertz CT molecular complexity index is 327. The van der Waals surface area contributed by atoms with Crippen LogP contribution in [-0.2, 0) is 9.53 Å². The van der Waals surface area contributed by atoms with Crippen molar-refractivity contribution in [2.24, 2.45) is 10.8 Å². The third-order valence-corrected chi connectivity index (χ3v) is 2.81. The Morgan fingerprint density at radius 1 is 1.45 bits per heavy atom. The minimum absolute atomic E-state index is 0.0682. The molecule has 0 heterocycles. The van der Waals surface area contributed by atoms with Crippen LogP contribution in [0.3, 0.4) is 0 Å². The Kier molecular flexibility index (Phi) is 8.96. The second-order valence-electron chi connectivity index (χ2n) is 5.89. The molecule has 0 aromatic rings. The Morgan fingerprint density at radius 3 is 2.30 bits per heavy atom. The normalized spacial score (nSPS) is 17.4. The number of hydrogen-bond donors (Lipinski definition) is 3. The molecule has 1 atom stereocenters. The van der Waals surface area contributed by atoms with Crippen molar-refractivity contribution in [3.05, 3.63) is 0 Å². The van der Waals surface area contributed by atoms with Crippen LogP contribution in [0.1, 0.15) is 52.9 Å². The summed E-state index contributed by atoms with van der Waals surface area (Å²) in [6, 6.07) is -0.550. The highest BCUT2D eigenvalue weighted by Gasteiger charge is 2.24. The van der Waals surface area contributed by atoms with Crippen molar-refractivity contribution in [3.63, 3.8) is 0 Å². The lowest BCUT2D eigenvalue weighted by Crippen LogP contribution is -2.30. The minimum Gasteiger partial charge on any atom is -0.479 e. The topological polar surface area (TPSA) is 123 Å². The van der Waals surface area contributed by atoms with E-state index in [1.807, 2.05) is 20.8 Å². The summed E-state index contributed by atoms with van der Waals surface area (Å²) in [5.74, 6) is -1.14. The van der Waals surface area contributed by atoms with E-state index in [4.69, 9.17) is 21.1 Å². The molecule has 1 fully saturated rings. The largest absolute Gasteiger partial charge is 0.479 e. The van der Waals surface area contributed by atoms with Gasteiger partial charge in [0, 0.05) is 6.04 Å². The Morgan fingerprint density at radius 2 is 2.00 bits per heavy atom. The molecule has 0 amide bonds. The fourth-order valence-electron chi connectivity index (χ4n) is 1.69. The third-order valence-electron chi connectivity index (χ3n) is 2.81. The molecule has 0 bridgehead atoms. The van der Waals surface area contributed by atoms with E-state index in [9.17, 15) is 4.79 Å². The molecule has 0 aliphatic heterocycles. The number of carboxylic acids is 1. The average Bonchev–Trinajstić information content (AvgIpc) is 2.34. The first-order chi connectivity index (χ1) is 9.26. The van der Waals surface area contributed by atoms with Gasteiger partial charge in [0.25, 0.3) is 6.04 Å². The first kappa shape index (κ1) is 18.7. The Labute approximate surface area is 120 Å². The van der Waals surface area contributed by atoms with E-state index >= 15 is 0 Å². The molecular weight excluding hydrogens is 260 g/mol. The second kappa shape index (κ2) is 9.58. The molecule has 0 spiro atoms. The molecule has 116 valence electrons. The number of ether oxygens (including phenoxy) is 1. The van der Waals surface area contributed by atoms with Crippen LogP contribution in [0.4, 0.5) is 0 Å². The van der Waals surface area contributed by atoms with Crippen molar-refractivity contribution < 1.29 is 14.6 Å². The molecule has 20 heavy (non-hydrogen) atoms. The third kappa shape index (κ3) is 10.6. The molecular formula is C13H27N4O3+. The number of rotatable bonds is 4. The van der Waals surface area contributed by atoms with Crippen LogP contribution in [0, 0.1) is 5.53 Å². The van der Waals surface area contributed by atoms with E-state index in [-0.39, 0.29) is 6.61 Å². The minimum atomic E-state index is -1.14. The van der Waals surface area contributed by atoms with Gasteiger partial charge in [-0.2, -0.15) is 0 Å². The van der Waals surface area contributed by atoms with Crippen molar-refractivity contribution in [3.8, 4) is 0 Å². The average molecular weight is 287 g/mol. The van der Waals surface area contributed by atoms with E-state index in [0.29, 0.717) is 6.04 Å². The lowest BCUT2D eigenvalue weighted by atomic mass is 9.97. The van der Waals surface area contributed by atoms with Gasteiger partial charge >= 0.3 is 5.97 Å². The summed E-state index contributed by atoms with van der Waals surface area (Å²) < 4.78 is 5.19. The molecule has 4 N–H and O–H groups in total. The number of nitrogens with zero attached hydrogens (tertiary/aromatic N) is 2. The summed E-state index contributed by atoms with van der Waals surface area (Å²) in [7, 11) is 0. The SMILES string of the molecule is CC(C)(C)OCC(N=[N+]=N)C(=O)O.NC1CCCCC1. The number of nitrogens with two attached hydrogens (primary N) is 1. The van der Waals surface area contributed by atoms with Gasteiger partial charge < -0.3 is 15.6 Å². The summed E-state index contributed by atoms with van der Waals surface area (Å²) in [6.45, 7) is 5.36. The van der Waals surface area contributed by atoms with Gasteiger partial charge in [0.05, 0.1) is 12.2 Å². The number of hydrogen-bond acceptors (Lipinski definition) is 5. The Hall–Kier alpha value is -1.30. The number of nitrogens with one attached hydrogen (secondary N) is 1. The highest BCUT2D eigenvalue weighted by atomic mass is 16.5. The van der Waals surface area contributed by atoms with Crippen LogP contribution in [0.25, 0.3) is 0 Å². The molecule has 1 aliphatic rings. The fourth-order valence-corrected chi connectivity index (χ4v) is 1.69. The number of aliphatic carboxylic acids is 1. The van der Waals surface area contributed by atoms with E-state index in [2.05, 4.69) is 10.0 Å². The lowest BCUT2D eigenvalue weighted by molar-refractivity contribution is -0.141. The Balaban J connectivity index is 0.000000428. The van der Waals surface area contributed by atoms with Gasteiger partial charge in [-0.1, -0.05) is 19.3 Å². The van der Waals surface area contributed by atoms with Crippen molar-refractivity contribution >= 4 is 5.97 Å². The van der Waals surface area contributed by atoms with Gasteiger partial charge in [-0.3, -0.25) is 0 Å². The van der Waals surface area contributed by atoms with E-state index in [1.165, 1.54) is 32.1 Å². The number of carboxylic acid groups (broad SMARTS) is 1. The van der Waals surface area contributed by atoms with Crippen molar-refractivity contribution in [2.75, 3.05) is 6.61 Å². The summed E-state index contributed by atoms with van der Waals surface area (Å²) in [4.78, 5) is 13.2. The van der Waals surface area contributed by atoms with Crippen molar-refractivity contribution in [1.82, 2.24) is 4.91 Å². The van der Waals surface area contributed by atoms with E-state index in [0.717, 1.165) is 0 Å². The molecule has 0 saturated heterocycles. The molecule has 0 aromatic carbocycles. The van der Waals surface area contributed by atoms with Crippen LogP contribution in [0.2, 0.25) is 0 Å². The maximum absolute atomic E-state index is 10.5. The monoisotopic (exact) mass is 287 g/mol. The molecule has 7 heteroatoms. The van der Waals surface area contributed by atoms with Gasteiger partial charge in [0.1, 0.15) is 10.6 Å². The van der Waals surface area contributed by atoms with Crippen LogP contribution in [0.5, 0.6) is 0 Å². The zero-order chi connectivity index (χ0) is 15.6. The first-order valence-corrected chi connectivity index (χ1v) is 6.95. The zero-order valence-electron chi connectivity index (χ0n) is 12.6. The number of carbonyl (C=O) groups is 1. The standard InChI is InChI=1S/C7H13N3O3.C6H13N/c1-7(2,3)13-4-5(6(11)12)9-10-8;7-6-4-2-1-3-5-6/h5,8H,4H2,1-3H3;6H,1-5,7H2/p+1. The fraction of sp³-hybridized carbons (Fsp3) is 0.923. The van der Waals surface area contributed by atoms with Crippen molar-refractivity contribution in [1.29, 1.82) is 5.53 Å². The summed E-state index contributed by atoms with van der Waals surface area (Å²) in [5, 5.41) is 11.8. The van der Waals surface area contributed by atoms with Gasteiger partial charge in [-0.25, -0.2) is 4.79 Å². The maximum atomic E-state index is 10.5. The molecule has 7 nitrogen and oxygen atoms in total. The summed E-state index contributed by atoms with van der Waals surface area (Å²) >= 11 is 0. The van der Waals surface area contributed by atoms with Gasteiger partial charge in [0.15, 0.2) is 0 Å². The van der Waals surface area contributed by atoms with Crippen LogP contribution < -0.4 is 10.6 Å². The van der Waals surface area contributed by atoms with Crippen LogP contribution >= 0.6 is 0 Å². The second-order valence-corrected chi connectivity index (χ2v) is 5.89. The molecule has 1 saturated carbocycles. The van der Waals surface area contributed by atoms with Crippen LogP contribution in [0.15, 0.2) is 5.11 Å². The lowest BCUT2D eigenvalue weighted by Gasteiger charge is -2.19. The van der Waals surface area contributed by atoms with Gasteiger partial charge in [0.2, 0.25) is 4.91 Å². The predicted octanol–water partition coefficient (Wildman–Crippen LogP) is 2.08. The van der Waals surface area contributed by atoms with Crippen molar-refractivity contribution in [2.45, 2.75) is 70.6 Å².